The summed E-state index contributed by atoms with van der Waals surface area (Å²) in [6, 6.07) is 19.5. The molecule has 0 spiro atoms. The van der Waals surface area contributed by atoms with Crippen molar-refractivity contribution < 1.29 is 57.6 Å². The van der Waals surface area contributed by atoms with Crippen LogP contribution in [0.1, 0.15) is 192 Å². The molecular weight excluding hydrogens is 817 g/mol. The van der Waals surface area contributed by atoms with Gasteiger partial charge in [0.05, 0.1) is 34.1 Å². The Morgan fingerprint density at radius 3 is 1.11 bits per heavy atom. The summed E-state index contributed by atoms with van der Waals surface area (Å²) in [5.74, 6) is -6.99. The molecule has 0 bridgehead atoms. The molecule has 0 atom stereocenters. The predicted molar refractivity (Wildman–Crippen MR) is 240 cm³/mol. The number of esters is 2. The minimum atomic E-state index is -1.25. The lowest BCUT2D eigenvalue weighted by Gasteiger charge is -2.14. The zero-order chi connectivity index (χ0) is 46.8. The lowest BCUT2D eigenvalue weighted by Crippen LogP contribution is -2.20. The molecule has 0 aliphatic rings. The summed E-state index contributed by atoms with van der Waals surface area (Å²) >= 11 is 0. The SMILES string of the molecule is CCCCCCCC(=O)c1ccc(OC(=O)C(C)C)c(C(=O)c2ccccc2C(=O)OOC(=O)c2ccccc2C(=O)c2cc(C(=O)CCCCCCC)ccc2OC(=O)C(C)C)c1. The number of ether oxygens (including phenoxy) is 2. The van der Waals surface area contributed by atoms with Crippen LogP contribution in [0.25, 0.3) is 0 Å². The maximum Gasteiger partial charge on any atom is 0.387 e. The molecule has 64 heavy (non-hydrogen) atoms. The molecule has 4 rings (SSSR count). The molecule has 338 valence electrons. The van der Waals surface area contributed by atoms with Gasteiger partial charge in [0.25, 0.3) is 0 Å². The maximum atomic E-state index is 14.2. The Morgan fingerprint density at radius 2 is 0.766 bits per heavy atom. The van der Waals surface area contributed by atoms with E-state index in [-0.39, 0.29) is 80.4 Å². The standard InChI is InChI=1S/C52H58O12/c1-7-9-11-13-15-25-43(53)35-27-29-45(61-49(57)33(3)4)41(31-35)47(55)37-21-17-19-23-39(37)51(59)63-64-52(60)40-24-20-18-22-38(40)48(56)42-32-36(44(54)26-16-14-12-10-8-2)28-30-46(42)62-50(58)34(5)6/h17-24,27-34H,7-16,25-26H2,1-6H3. The first-order valence-corrected chi connectivity index (χ1v) is 22.2. The molecule has 0 aliphatic heterocycles. The Labute approximate surface area is 374 Å². The third kappa shape index (κ3) is 14.0. The van der Waals surface area contributed by atoms with Crippen LogP contribution in [0.3, 0.4) is 0 Å². The van der Waals surface area contributed by atoms with Crippen molar-refractivity contribution in [2.75, 3.05) is 0 Å². The van der Waals surface area contributed by atoms with Gasteiger partial charge in [0.2, 0.25) is 0 Å². The Bertz CT molecular complexity index is 2170. The van der Waals surface area contributed by atoms with Gasteiger partial charge in [0, 0.05) is 35.1 Å². The maximum absolute atomic E-state index is 14.2. The third-order valence-electron chi connectivity index (χ3n) is 10.4. The largest absolute Gasteiger partial charge is 0.426 e. The highest BCUT2D eigenvalue weighted by Gasteiger charge is 2.29. The molecule has 0 aliphatic carbocycles. The van der Waals surface area contributed by atoms with Gasteiger partial charge in [-0.1, -0.05) is 129 Å². The first-order chi connectivity index (χ1) is 30.7. The van der Waals surface area contributed by atoms with Gasteiger partial charge in [0.15, 0.2) is 23.1 Å². The fraction of sp³-hybridized carbons (Fsp3) is 0.385. The van der Waals surface area contributed by atoms with Crippen molar-refractivity contribution in [3.05, 3.63) is 129 Å². The topological polar surface area (TPSA) is 173 Å². The Hall–Kier alpha value is -6.56. The number of carbonyl (C=O) groups is 8. The van der Waals surface area contributed by atoms with E-state index in [1.165, 1.54) is 84.9 Å². The minimum absolute atomic E-state index is 0.112. The number of ketones is 4. The molecule has 12 nitrogen and oxygen atoms in total. The number of benzene rings is 4. The van der Waals surface area contributed by atoms with Crippen molar-refractivity contribution in [3.63, 3.8) is 0 Å². The van der Waals surface area contributed by atoms with E-state index in [4.69, 9.17) is 19.2 Å². The number of hydrogen-bond donors (Lipinski definition) is 0. The summed E-state index contributed by atoms with van der Waals surface area (Å²) in [6.07, 6.45) is 9.84. The van der Waals surface area contributed by atoms with Crippen LogP contribution in [0.5, 0.6) is 11.5 Å². The monoisotopic (exact) mass is 874 g/mol. The summed E-state index contributed by atoms with van der Waals surface area (Å²) < 4.78 is 11.1. The Morgan fingerprint density at radius 1 is 0.422 bits per heavy atom. The number of hydrogen-bond acceptors (Lipinski definition) is 12. The normalized spacial score (nSPS) is 10.9. The van der Waals surface area contributed by atoms with E-state index in [0.717, 1.165) is 51.4 Å². The van der Waals surface area contributed by atoms with E-state index < -0.39 is 47.3 Å². The van der Waals surface area contributed by atoms with Crippen molar-refractivity contribution in [1.29, 1.82) is 0 Å². The molecule has 0 saturated carbocycles. The molecule has 4 aromatic carbocycles. The smallest absolute Gasteiger partial charge is 0.387 e. The van der Waals surface area contributed by atoms with Crippen LogP contribution in [0, 0.1) is 11.8 Å². The molecule has 4 aromatic rings. The second-order valence-electron chi connectivity index (χ2n) is 16.2. The fourth-order valence-electron chi connectivity index (χ4n) is 6.63. The van der Waals surface area contributed by atoms with Crippen LogP contribution < -0.4 is 9.47 Å². The quantitative estimate of drug-likeness (QED) is 0.0163. The number of unbranched alkanes of at least 4 members (excludes halogenated alkanes) is 8. The lowest BCUT2D eigenvalue weighted by atomic mass is 9.94. The molecule has 0 fully saturated rings. The Kier molecular flexibility index (Phi) is 19.5. The molecule has 0 heterocycles. The molecule has 0 radical (unpaired) electrons. The van der Waals surface area contributed by atoms with Gasteiger partial charge in [0.1, 0.15) is 11.5 Å². The second-order valence-corrected chi connectivity index (χ2v) is 16.2. The number of rotatable bonds is 24. The van der Waals surface area contributed by atoms with Crippen molar-refractivity contribution in [3.8, 4) is 11.5 Å². The summed E-state index contributed by atoms with van der Waals surface area (Å²) in [5, 5.41) is 0. The van der Waals surface area contributed by atoms with Crippen molar-refractivity contribution in [1.82, 2.24) is 0 Å². The average Bonchev–Trinajstić information content (AvgIpc) is 3.29. The van der Waals surface area contributed by atoms with Gasteiger partial charge in [-0.2, -0.15) is 0 Å². The zero-order valence-corrected chi connectivity index (χ0v) is 37.6. The lowest BCUT2D eigenvalue weighted by molar-refractivity contribution is -0.187. The van der Waals surface area contributed by atoms with E-state index in [1.807, 2.05) is 0 Å². The molecular formula is C52H58O12. The van der Waals surface area contributed by atoms with E-state index in [1.54, 1.807) is 27.7 Å². The Balaban J connectivity index is 1.60. The number of carbonyl (C=O) groups excluding carboxylic acids is 8. The van der Waals surface area contributed by atoms with Gasteiger partial charge in [-0.15, -0.1) is 0 Å². The van der Waals surface area contributed by atoms with Crippen LogP contribution >= 0.6 is 0 Å². The highest BCUT2D eigenvalue weighted by atomic mass is 17.2. The van der Waals surface area contributed by atoms with Crippen LogP contribution in [0.4, 0.5) is 0 Å². The van der Waals surface area contributed by atoms with Crippen LogP contribution in [0.15, 0.2) is 84.9 Å². The highest BCUT2D eigenvalue weighted by Crippen LogP contribution is 2.29. The molecule has 0 saturated heterocycles. The first kappa shape index (κ1) is 50.1. The van der Waals surface area contributed by atoms with Crippen LogP contribution in [-0.4, -0.2) is 47.0 Å². The first-order valence-electron chi connectivity index (χ1n) is 22.2. The second kappa shape index (κ2) is 24.9. The van der Waals surface area contributed by atoms with Gasteiger partial charge < -0.3 is 9.47 Å². The molecule has 0 aromatic heterocycles. The van der Waals surface area contributed by atoms with E-state index in [2.05, 4.69) is 13.8 Å². The van der Waals surface area contributed by atoms with Gasteiger partial charge in [-0.05, 0) is 61.4 Å². The molecule has 12 heteroatoms. The summed E-state index contributed by atoms with van der Waals surface area (Å²) in [6.45, 7) is 10.7. The number of Topliss-reactive ketones (excluding diaryl/α,β-unsaturated/α-hetero) is 2. The van der Waals surface area contributed by atoms with Crippen molar-refractivity contribution >= 4 is 47.0 Å². The minimum Gasteiger partial charge on any atom is -0.426 e. The van der Waals surface area contributed by atoms with Crippen LogP contribution in [-0.2, 0) is 19.4 Å². The van der Waals surface area contributed by atoms with Crippen molar-refractivity contribution in [2.45, 2.75) is 119 Å². The van der Waals surface area contributed by atoms with E-state index in [0.29, 0.717) is 12.8 Å². The van der Waals surface area contributed by atoms with Gasteiger partial charge in [-0.25, -0.2) is 19.4 Å². The molecule has 0 N–H and O–H groups in total. The molecule has 0 unspecified atom stereocenters. The van der Waals surface area contributed by atoms with Crippen molar-refractivity contribution in [2.24, 2.45) is 11.8 Å². The van der Waals surface area contributed by atoms with Gasteiger partial charge in [-0.3, -0.25) is 28.8 Å². The van der Waals surface area contributed by atoms with E-state index in [9.17, 15) is 38.4 Å². The summed E-state index contributed by atoms with van der Waals surface area (Å²) in [7, 11) is 0. The summed E-state index contributed by atoms with van der Waals surface area (Å²) in [5.41, 5.74) is -0.881. The average molecular weight is 875 g/mol. The van der Waals surface area contributed by atoms with E-state index >= 15 is 0 Å². The van der Waals surface area contributed by atoms with Crippen LogP contribution in [0.2, 0.25) is 0 Å². The van der Waals surface area contributed by atoms with Gasteiger partial charge >= 0.3 is 23.9 Å². The fourth-order valence-corrected chi connectivity index (χ4v) is 6.63. The summed E-state index contributed by atoms with van der Waals surface area (Å²) in [4.78, 5) is 117. The zero-order valence-electron chi connectivity index (χ0n) is 37.6. The molecule has 0 amide bonds. The predicted octanol–water partition coefficient (Wildman–Crippen LogP) is 11.3. The highest BCUT2D eigenvalue weighted by molar-refractivity contribution is 6.18. The third-order valence-corrected chi connectivity index (χ3v) is 10.4.